The molecule has 1 aromatic carbocycles. The molecular formula is C24H28N4O4S2. The Morgan fingerprint density at radius 1 is 1.29 bits per heavy atom. The van der Waals surface area contributed by atoms with E-state index in [0.717, 1.165) is 27.5 Å². The average Bonchev–Trinajstić information content (AvgIpc) is 3.60. The first-order valence-electron chi connectivity index (χ1n) is 11.2. The van der Waals surface area contributed by atoms with Crippen LogP contribution in [0.3, 0.4) is 0 Å². The van der Waals surface area contributed by atoms with Gasteiger partial charge in [-0.25, -0.2) is 4.98 Å². The van der Waals surface area contributed by atoms with E-state index in [1.807, 2.05) is 26.0 Å². The van der Waals surface area contributed by atoms with E-state index in [-0.39, 0.29) is 29.7 Å². The van der Waals surface area contributed by atoms with Gasteiger partial charge in [0.05, 0.1) is 23.1 Å². The summed E-state index contributed by atoms with van der Waals surface area (Å²) in [6.45, 7) is 8.82. The van der Waals surface area contributed by atoms with E-state index in [9.17, 15) is 14.4 Å². The van der Waals surface area contributed by atoms with E-state index < -0.39 is 0 Å². The molecule has 180 valence electrons. The van der Waals surface area contributed by atoms with Crippen LogP contribution in [0.1, 0.15) is 35.7 Å². The molecule has 1 aliphatic heterocycles. The highest BCUT2D eigenvalue weighted by Crippen LogP contribution is 2.39. The van der Waals surface area contributed by atoms with Crippen molar-refractivity contribution in [1.29, 1.82) is 0 Å². The third-order valence-electron chi connectivity index (χ3n) is 5.98. The number of rotatable bonds is 7. The molecule has 10 heteroatoms. The standard InChI is InChI=1S/C24H28N4O4S2/c1-5-20(29)27-8-9-28(15(3)13-27)23(31)17-11-19(14(2)10-18(17)32-4)33-21-12-25-24(34-21)26-22(30)16-6-7-16/h5,10-12,15-16H,1,6-9,13H2,2-4H3,(H,25,26,30)/t15-/m1/s1. The molecule has 2 aromatic rings. The van der Waals surface area contributed by atoms with E-state index in [4.69, 9.17) is 4.74 Å². The third kappa shape index (κ3) is 5.28. The van der Waals surface area contributed by atoms with Gasteiger partial charge < -0.3 is 19.9 Å². The number of piperazine rings is 1. The molecule has 2 heterocycles. The van der Waals surface area contributed by atoms with Crippen LogP contribution in [-0.2, 0) is 9.59 Å². The lowest BCUT2D eigenvalue weighted by Crippen LogP contribution is -2.55. The second-order valence-electron chi connectivity index (χ2n) is 8.50. The Labute approximate surface area is 207 Å². The first-order valence-corrected chi connectivity index (χ1v) is 12.8. The van der Waals surface area contributed by atoms with Crippen LogP contribution in [0.25, 0.3) is 0 Å². The number of carbonyl (C=O) groups is 3. The van der Waals surface area contributed by atoms with E-state index in [1.165, 1.54) is 29.2 Å². The SMILES string of the molecule is C=CC(=O)N1CCN(C(=O)c2cc(Sc3cnc(NC(=O)C4CC4)s3)c(C)cc2OC)[C@H](C)C1. The van der Waals surface area contributed by atoms with E-state index >= 15 is 0 Å². The number of benzene rings is 1. The Kier molecular flexibility index (Phi) is 7.27. The number of nitrogens with zero attached hydrogens (tertiary/aromatic N) is 3. The van der Waals surface area contributed by atoms with Crippen LogP contribution in [0.5, 0.6) is 5.75 Å². The molecule has 1 aromatic heterocycles. The molecule has 2 fully saturated rings. The summed E-state index contributed by atoms with van der Waals surface area (Å²) in [6.07, 6.45) is 4.93. The third-order valence-corrected chi connectivity index (χ3v) is 8.15. The lowest BCUT2D eigenvalue weighted by atomic mass is 10.1. The minimum atomic E-state index is -0.133. The van der Waals surface area contributed by atoms with Crippen LogP contribution in [0.15, 0.2) is 40.1 Å². The first-order chi connectivity index (χ1) is 16.3. The van der Waals surface area contributed by atoms with Gasteiger partial charge in [0.2, 0.25) is 11.8 Å². The fraction of sp³-hybridized carbons (Fsp3) is 0.417. The smallest absolute Gasteiger partial charge is 0.258 e. The number of aromatic nitrogens is 1. The summed E-state index contributed by atoms with van der Waals surface area (Å²) in [5.41, 5.74) is 1.46. The molecule has 2 aliphatic rings. The molecule has 1 saturated carbocycles. The van der Waals surface area contributed by atoms with Crippen molar-refractivity contribution >= 4 is 46.0 Å². The Morgan fingerprint density at radius 3 is 2.71 bits per heavy atom. The van der Waals surface area contributed by atoms with E-state index in [0.29, 0.717) is 36.1 Å². The van der Waals surface area contributed by atoms with Gasteiger partial charge in [-0.15, -0.1) is 0 Å². The highest BCUT2D eigenvalue weighted by atomic mass is 32.2. The molecule has 1 N–H and O–H groups in total. The zero-order valence-corrected chi connectivity index (χ0v) is 21.1. The fourth-order valence-electron chi connectivity index (χ4n) is 3.88. The summed E-state index contributed by atoms with van der Waals surface area (Å²) < 4.78 is 6.46. The van der Waals surface area contributed by atoms with Crippen molar-refractivity contribution in [1.82, 2.24) is 14.8 Å². The van der Waals surface area contributed by atoms with Gasteiger partial charge in [0, 0.05) is 36.5 Å². The molecule has 4 rings (SSSR count). The summed E-state index contributed by atoms with van der Waals surface area (Å²) >= 11 is 2.92. The minimum Gasteiger partial charge on any atom is -0.496 e. The van der Waals surface area contributed by atoms with Crippen molar-refractivity contribution in [2.75, 3.05) is 32.1 Å². The molecule has 0 unspecified atom stereocenters. The predicted octanol–water partition coefficient (Wildman–Crippen LogP) is 3.82. The van der Waals surface area contributed by atoms with Gasteiger partial charge in [-0.3, -0.25) is 14.4 Å². The number of hydrogen-bond donors (Lipinski definition) is 1. The number of anilines is 1. The van der Waals surface area contributed by atoms with Crippen LogP contribution in [0.4, 0.5) is 5.13 Å². The Hall–Kier alpha value is -2.85. The maximum Gasteiger partial charge on any atom is 0.258 e. The normalized spacial score (nSPS) is 17.9. The van der Waals surface area contributed by atoms with Crippen molar-refractivity contribution in [3.8, 4) is 5.75 Å². The summed E-state index contributed by atoms with van der Waals surface area (Å²) in [7, 11) is 1.56. The second kappa shape index (κ2) is 10.2. The topological polar surface area (TPSA) is 91.8 Å². The lowest BCUT2D eigenvalue weighted by Gasteiger charge is -2.39. The molecule has 1 saturated heterocycles. The van der Waals surface area contributed by atoms with Gasteiger partial charge in [0.1, 0.15) is 5.75 Å². The van der Waals surface area contributed by atoms with Crippen LogP contribution in [0.2, 0.25) is 0 Å². The van der Waals surface area contributed by atoms with Crippen LogP contribution in [0, 0.1) is 12.8 Å². The largest absolute Gasteiger partial charge is 0.496 e. The van der Waals surface area contributed by atoms with Crippen molar-refractivity contribution in [3.63, 3.8) is 0 Å². The van der Waals surface area contributed by atoms with Crippen LogP contribution >= 0.6 is 23.1 Å². The maximum atomic E-state index is 13.5. The molecule has 1 atom stereocenters. The van der Waals surface area contributed by atoms with Gasteiger partial charge >= 0.3 is 0 Å². The molecule has 0 radical (unpaired) electrons. The maximum absolute atomic E-state index is 13.5. The van der Waals surface area contributed by atoms with Crippen molar-refractivity contribution < 1.29 is 19.1 Å². The number of ether oxygens (including phenoxy) is 1. The number of nitrogens with one attached hydrogen (secondary N) is 1. The molecule has 0 bridgehead atoms. The zero-order chi connectivity index (χ0) is 24.4. The van der Waals surface area contributed by atoms with E-state index in [2.05, 4.69) is 16.9 Å². The van der Waals surface area contributed by atoms with Gasteiger partial charge in [-0.1, -0.05) is 29.7 Å². The van der Waals surface area contributed by atoms with Crippen molar-refractivity contribution in [2.24, 2.45) is 5.92 Å². The van der Waals surface area contributed by atoms with Crippen molar-refractivity contribution in [2.45, 2.75) is 41.8 Å². The molecular weight excluding hydrogens is 472 g/mol. The number of hydrogen-bond acceptors (Lipinski definition) is 7. The van der Waals surface area contributed by atoms with Crippen molar-refractivity contribution in [3.05, 3.63) is 42.1 Å². The van der Waals surface area contributed by atoms with Crippen LogP contribution < -0.4 is 10.1 Å². The molecule has 8 nitrogen and oxygen atoms in total. The molecule has 34 heavy (non-hydrogen) atoms. The zero-order valence-electron chi connectivity index (χ0n) is 19.5. The van der Waals surface area contributed by atoms with Gasteiger partial charge in [0.15, 0.2) is 5.13 Å². The fourth-order valence-corrected chi connectivity index (χ4v) is 5.82. The Bertz CT molecular complexity index is 1130. The molecule has 3 amide bonds. The number of aryl methyl sites for hydroxylation is 1. The minimum absolute atomic E-state index is 0.0309. The predicted molar refractivity (Wildman–Crippen MR) is 133 cm³/mol. The number of carbonyl (C=O) groups excluding carboxylic acids is 3. The van der Waals surface area contributed by atoms with E-state index in [1.54, 1.807) is 23.1 Å². The van der Waals surface area contributed by atoms with Crippen LogP contribution in [-0.4, -0.2) is 65.3 Å². The summed E-state index contributed by atoms with van der Waals surface area (Å²) in [5.74, 6) is 0.423. The van der Waals surface area contributed by atoms with Gasteiger partial charge in [-0.05, 0) is 50.5 Å². The first kappa shape index (κ1) is 24.3. The van der Waals surface area contributed by atoms with Gasteiger partial charge in [0.25, 0.3) is 5.91 Å². The summed E-state index contributed by atoms with van der Waals surface area (Å²) in [4.78, 5) is 46.2. The number of methoxy groups -OCH3 is 1. The molecule has 0 spiro atoms. The average molecular weight is 501 g/mol. The lowest BCUT2D eigenvalue weighted by molar-refractivity contribution is -0.128. The number of amides is 3. The Balaban J connectivity index is 1.51. The molecule has 1 aliphatic carbocycles. The highest BCUT2D eigenvalue weighted by molar-refractivity contribution is 8.01. The Morgan fingerprint density at radius 2 is 2.06 bits per heavy atom. The quantitative estimate of drug-likeness (QED) is 0.581. The summed E-state index contributed by atoms with van der Waals surface area (Å²) in [6, 6.07) is 3.60. The number of thiazole rings is 1. The monoisotopic (exact) mass is 500 g/mol. The summed E-state index contributed by atoms with van der Waals surface area (Å²) in [5, 5.41) is 3.46. The van der Waals surface area contributed by atoms with Gasteiger partial charge in [-0.2, -0.15) is 0 Å². The second-order valence-corrected chi connectivity index (χ2v) is 10.9. The highest BCUT2D eigenvalue weighted by Gasteiger charge is 2.32.